The van der Waals surface area contributed by atoms with Gasteiger partial charge in [0.25, 0.3) is 5.89 Å². The molecule has 0 fully saturated rings. The fraction of sp³-hybridized carbons (Fsp3) is 0.0769. The molecule has 3 aromatic rings. The molecule has 0 radical (unpaired) electrons. The number of hydrogen-bond donors (Lipinski definition) is 2. The lowest BCUT2D eigenvalue weighted by Gasteiger charge is -2.04. The first-order chi connectivity index (χ1) is 9.29. The number of aromatic amines is 1. The summed E-state index contributed by atoms with van der Waals surface area (Å²) in [5.74, 6) is 1.01. The van der Waals surface area contributed by atoms with E-state index in [-0.39, 0.29) is 11.6 Å². The average Bonchev–Trinajstić information content (AvgIpc) is 3.09. The highest BCUT2D eigenvalue weighted by molar-refractivity contribution is 5.68. The van der Waals surface area contributed by atoms with E-state index in [2.05, 4.69) is 15.1 Å². The zero-order valence-electron chi connectivity index (χ0n) is 10.1. The lowest BCUT2D eigenvalue weighted by Crippen LogP contribution is -1.86. The van der Waals surface area contributed by atoms with Crippen molar-refractivity contribution < 1.29 is 14.4 Å². The van der Waals surface area contributed by atoms with E-state index in [9.17, 15) is 5.11 Å². The van der Waals surface area contributed by atoms with Crippen molar-refractivity contribution in [1.29, 1.82) is 0 Å². The molecule has 2 aromatic heterocycles. The molecule has 0 aliphatic rings. The number of H-pyrrole nitrogens is 1. The van der Waals surface area contributed by atoms with Crippen molar-refractivity contribution in [3.8, 4) is 34.5 Å². The Hall–Kier alpha value is -2.76. The maximum absolute atomic E-state index is 10.0. The highest BCUT2D eigenvalue weighted by Crippen LogP contribution is 2.36. The van der Waals surface area contributed by atoms with Crippen LogP contribution in [0.15, 0.2) is 41.1 Å². The summed E-state index contributed by atoms with van der Waals surface area (Å²) in [4.78, 5) is 7.22. The fourth-order valence-corrected chi connectivity index (χ4v) is 1.77. The molecule has 1 aromatic carbocycles. The first kappa shape index (κ1) is 11.3. The van der Waals surface area contributed by atoms with Gasteiger partial charge in [0.1, 0.15) is 0 Å². The van der Waals surface area contributed by atoms with Crippen LogP contribution in [0, 0.1) is 0 Å². The first-order valence-corrected chi connectivity index (χ1v) is 5.63. The van der Waals surface area contributed by atoms with E-state index in [1.165, 1.54) is 7.11 Å². The zero-order chi connectivity index (χ0) is 13.2. The van der Waals surface area contributed by atoms with Gasteiger partial charge in [-0.05, 0) is 24.3 Å². The van der Waals surface area contributed by atoms with Gasteiger partial charge in [-0.25, -0.2) is 0 Å². The van der Waals surface area contributed by atoms with Gasteiger partial charge in [0.15, 0.2) is 11.5 Å². The number of methoxy groups -OCH3 is 1. The number of aromatic hydroxyl groups is 1. The summed E-state index contributed by atoms with van der Waals surface area (Å²) >= 11 is 0. The van der Waals surface area contributed by atoms with Crippen molar-refractivity contribution in [2.75, 3.05) is 7.11 Å². The number of benzene rings is 1. The van der Waals surface area contributed by atoms with E-state index >= 15 is 0 Å². The number of nitrogens with zero attached hydrogens (tertiary/aromatic N) is 2. The monoisotopic (exact) mass is 257 g/mol. The van der Waals surface area contributed by atoms with Crippen LogP contribution in [-0.4, -0.2) is 27.3 Å². The normalized spacial score (nSPS) is 10.6. The van der Waals surface area contributed by atoms with E-state index < -0.39 is 0 Å². The van der Waals surface area contributed by atoms with E-state index in [1.54, 1.807) is 24.4 Å². The second kappa shape index (κ2) is 4.49. The largest absolute Gasteiger partial charge is 0.504 e. The Morgan fingerprint density at radius 1 is 1.26 bits per heavy atom. The van der Waals surface area contributed by atoms with Crippen molar-refractivity contribution in [3.63, 3.8) is 0 Å². The molecule has 2 heterocycles. The highest BCUT2D eigenvalue weighted by Gasteiger charge is 2.16. The molecule has 3 rings (SSSR count). The summed E-state index contributed by atoms with van der Waals surface area (Å²) < 4.78 is 10.2. The summed E-state index contributed by atoms with van der Waals surface area (Å²) in [5, 5.41) is 13.9. The Bertz CT molecular complexity index is 689. The van der Waals surface area contributed by atoms with Gasteiger partial charge in [-0.2, -0.15) is 4.98 Å². The number of nitrogens with one attached hydrogen (secondary N) is 1. The minimum atomic E-state index is -0.0216. The summed E-state index contributed by atoms with van der Waals surface area (Å²) in [6, 6.07) is 8.76. The van der Waals surface area contributed by atoms with Crippen molar-refractivity contribution in [2.45, 2.75) is 0 Å². The molecule has 0 aliphatic carbocycles. The van der Waals surface area contributed by atoms with E-state index in [0.29, 0.717) is 17.1 Å². The lowest BCUT2D eigenvalue weighted by atomic mass is 10.2. The molecule has 0 saturated carbocycles. The molecule has 2 N–H and O–H groups in total. The Labute approximate surface area is 108 Å². The highest BCUT2D eigenvalue weighted by atomic mass is 16.5. The molecule has 6 nitrogen and oxygen atoms in total. The Kier molecular flexibility index (Phi) is 2.68. The van der Waals surface area contributed by atoms with Crippen molar-refractivity contribution in [1.82, 2.24) is 15.1 Å². The molecule has 0 spiro atoms. The number of phenolic OH excluding ortho intramolecular Hbond substituents is 1. The van der Waals surface area contributed by atoms with Gasteiger partial charge in [0, 0.05) is 6.20 Å². The van der Waals surface area contributed by atoms with E-state index in [1.807, 2.05) is 12.1 Å². The number of aromatic nitrogens is 3. The van der Waals surface area contributed by atoms with Crippen molar-refractivity contribution >= 4 is 0 Å². The predicted octanol–water partition coefficient (Wildman–Crippen LogP) is 2.45. The van der Waals surface area contributed by atoms with Crippen LogP contribution in [0.3, 0.4) is 0 Å². The molecular formula is C13H11N3O3. The van der Waals surface area contributed by atoms with Crippen LogP contribution < -0.4 is 4.74 Å². The number of phenols is 1. The van der Waals surface area contributed by atoms with Crippen molar-refractivity contribution in [3.05, 3.63) is 36.5 Å². The molecule has 0 atom stereocenters. The van der Waals surface area contributed by atoms with Crippen LogP contribution in [0.4, 0.5) is 0 Å². The average molecular weight is 257 g/mol. The fourth-order valence-electron chi connectivity index (χ4n) is 1.77. The second-order valence-corrected chi connectivity index (χ2v) is 3.86. The molecule has 6 heteroatoms. The van der Waals surface area contributed by atoms with Gasteiger partial charge >= 0.3 is 0 Å². The molecule has 0 bridgehead atoms. The quantitative estimate of drug-likeness (QED) is 0.752. The smallest absolute Gasteiger partial charge is 0.262 e. The number of ether oxygens (including phenoxy) is 1. The lowest BCUT2D eigenvalue weighted by molar-refractivity contribution is 0.371. The van der Waals surface area contributed by atoms with Crippen LogP contribution in [0.1, 0.15) is 0 Å². The SMILES string of the molecule is COc1cccc(-c2nc(-c3ccc[nH]3)no2)c1O. The molecule has 0 amide bonds. The standard InChI is InChI=1S/C13H11N3O3/c1-18-10-6-2-4-8(11(10)17)13-15-12(16-19-13)9-5-3-7-14-9/h2-7,14,17H,1H3. The van der Waals surface area contributed by atoms with Crippen LogP contribution >= 0.6 is 0 Å². The summed E-state index contributed by atoms with van der Waals surface area (Å²) in [6.45, 7) is 0. The molecule has 0 saturated heterocycles. The maximum Gasteiger partial charge on any atom is 0.262 e. The van der Waals surface area contributed by atoms with Gasteiger partial charge in [0.05, 0.1) is 18.4 Å². The number of para-hydroxylation sites is 1. The third kappa shape index (κ3) is 1.93. The minimum Gasteiger partial charge on any atom is -0.504 e. The van der Waals surface area contributed by atoms with Gasteiger partial charge in [-0.3, -0.25) is 0 Å². The Balaban J connectivity index is 2.04. The molecule has 0 unspecified atom stereocenters. The third-order valence-electron chi connectivity index (χ3n) is 2.71. The van der Waals surface area contributed by atoms with E-state index in [0.717, 1.165) is 5.69 Å². The molecular weight excluding hydrogens is 246 g/mol. The molecule has 96 valence electrons. The number of hydrogen-bond acceptors (Lipinski definition) is 5. The minimum absolute atomic E-state index is 0.0216. The van der Waals surface area contributed by atoms with Gasteiger partial charge in [-0.15, -0.1) is 0 Å². The van der Waals surface area contributed by atoms with Gasteiger partial charge < -0.3 is 19.4 Å². The van der Waals surface area contributed by atoms with Gasteiger partial charge in [0.2, 0.25) is 5.82 Å². The molecule has 19 heavy (non-hydrogen) atoms. The van der Waals surface area contributed by atoms with Crippen molar-refractivity contribution in [2.24, 2.45) is 0 Å². The zero-order valence-corrected chi connectivity index (χ0v) is 10.1. The second-order valence-electron chi connectivity index (χ2n) is 3.86. The van der Waals surface area contributed by atoms with Crippen LogP contribution in [0.2, 0.25) is 0 Å². The summed E-state index contributed by atoms with van der Waals surface area (Å²) in [6.07, 6.45) is 1.77. The Morgan fingerprint density at radius 2 is 2.16 bits per heavy atom. The van der Waals surface area contributed by atoms with Gasteiger partial charge in [-0.1, -0.05) is 11.2 Å². The topological polar surface area (TPSA) is 84.2 Å². The van der Waals surface area contributed by atoms with Crippen LogP contribution in [0.5, 0.6) is 11.5 Å². The van der Waals surface area contributed by atoms with E-state index in [4.69, 9.17) is 9.26 Å². The first-order valence-electron chi connectivity index (χ1n) is 5.63. The third-order valence-corrected chi connectivity index (χ3v) is 2.71. The summed E-state index contributed by atoms with van der Waals surface area (Å²) in [7, 11) is 1.48. The Morgan fingerprint density at radius 3 is 2.89 bits per heavy atom. The molecule has 0 aliphatic heterocycles. The van der Waals surface area contributed by atoms with Crippen LogP contribution in [0.25, 0.3) is 23.0 Å². The number of rotatable bonds is 3. The maximum atomic E-state index is 10.0. The van der Waals surface area contributed by atoms with Crippen LogP contribution in [-0.2, 0) is 0 Å². The predicted molar refractivity (Wildman–Crippen MR) is 67.7 cm³/mol. The summed E-state index contributed by atoms with van der Waals surface area (Å²) in [5.41, 5.74) is 1.18.